The SMILES string of the molecule is CCCNc1nccnc1-c1ccc(C)cc1C. The summed E-state index contributed by atoms with van der Waals surface area (Å²) in [6, 6.07) is 6.40. The zero-order valence-corrected chi connectivity index (χ0v) is 11.2. The van der Waals surface area contributed by atoms with Crippen LogP contribution in [0.3, 0.4) is 0 Å². The third-order valence-corrected chi connectivity index (χ3v) is 2.88. The van der Waals surface area contributed by atoms with E-state index < -0.39 is 0 Å². The minimum atomic E-state index is 0.867. The van der Waals surface area contributed by atoms with Gasteiger partial charge in [0, 0.05) is 24.5 Å². The molecule has 1 aromatic carbocycles. The lowest BCUT2D eigenvalue weighted by molar-refractivity contribution is 0.965. The molecule has 3 nitrogen and oxygen atoms in total. The normalized spacial score (nSPS) is 10.4. The van der Waals surface area contributed by atoms with Crippen molar-refractivity contribution in [3.8, 4) is 11.3 Å². The second-order valence-corrected chi connectivity index (χ2v) is 4.50. The molecule has 0 spiro atoms. The van der Waals surface area contributed by atoms with Crippen LogP contribution in [0.5, 0.6) is 0 Å². The fourth-order valence-corrected chi connectivity index (χ4v) is 1.99. The standard InChI is InChI=1S/C15H19N3/c1-4-7-17-15-14(16-8-9-18-15)13-6-5-11(2)10-12(13)3/h5-6,8-10H,4,7H2,1-3H3,(H,17,18). The average molecular weight is 241 g/mol. The molecule has 3 heteroatoms. The molecule has 0 aliphatic heterocycles. The highest BCUT2D eigenvalue weighted by atomic mass is 15.0. The van der Waals surface area contributed by atoms with Gasteiger partial charge in [-0.05, 0) is 25.8 Å². The third-order valence-electron chi connectivity index (χ3n) is 2.88. The van der Waals surface area contributed by atoms with E-state index in [9.17, 15) is 0 Å². The maximum Gasteiger partial charge on any atom is 0.152 e. The molecule has 2 aromatic rings. The lowest BCUT2D eigenvalue weighted by atomic mass is 10.0. The Labute approximate surface area is 108 Å². The van der Waals surface area contributed by atoms with Crippen molar-refractivity contribution in [1.82, 2.24) is 9.97 Å². The van der Waals surface area contributed by atoms with Gasteiger partial charge >= 0.3 is 0 Å². The van der Waals surface area contributed by atoms with Gasteiger partial charge < -0.3 is 5.32 Å². The van der Waals surface area contributed by atoms with Gasteiger partial charge in [0.2, 0.25) is 0 Å². The fraction of sp³-hybridized carbons (Fsp3) is 0.333. The lowest BCUT2D eigenvalue weighted by Crippen LogP contribution is -2.05. The van der Waals surface area contributed by atoms with E-state index in [0.717, 1.165) is 30.0 Å². The smallest absolute Gasteiger partial charge is 0.152 e. The molecule has 0 saturated carbocycles. The molecule has 18 heavy (non-hydrogen) atoms. The molecule has 1 N–H and O–H groups in total. The number of nitrogens with one attached hydrogen (secondary N) is 1. The van der Waals surface area contributed by atoms with E-state index in [1.54, 1.807) is 12.4 Å². The van der Waals surface area contributed by atoms with E-state index in [-0.39, 0.29) is 0 Å². The summed E-state index contributed by atoms with van der Waals surface area (Å²) < 4.78 is 0. The first kappa shape index (κ1) is 12.6. The van der Waals surface area contributed by atoms with Gasteiger partial charge in [-0.15, -0.1) is 0 Å². The van der Waals surface area contributed by atoms with Crippen LogP contribution in [0, 0.1) is 13.8 Å². The molecule has 0 unspecified atom stereocenters. The van der Waals surface area contributed by atoms with Gasteiger partial charge in [-0.2, -0.15) is 0 Å². The highest BCUT2D eigenvalue weighted by molar-refractivity contribution is 5.73. The summed E-state index contributed by atoms with van der Waals surface area (Å²) in [5, 5.41) is 3.33. The molecule has 0 bridgehead atoms. The average Bonchev–Trinajstić information content (AvgIpc) is 2.37. The van der Waals surface area contributed by atoms with Crippen molar-refractivity contribution >= 4 is 5.82 Å². The first-order chi connectivity index (χ1) is 8.72. The maximum atomic E-state index is 4.47. The molecule has 1 aromatic heterocycles. The van der Waals surface area contributed by atoms with E-state index in [2.05, 4.69) is 54.3 Å². The number of hydrogen-bond acceptors (Lipinski definition) is 3. The third kappa shape index (κ3) is 2.67. The van der Waals surface area contributed by atoms with Crippen LogP contribution < -0.4 is 5.32 Å². The van der Waals surface area contributed by atoms with Gasteiger partial charge in [-0.1, -0.05) is 30.7 Å². The molecule has 0 saturated heterocycles. The van der Waals surface area contributed by atoms with Crippen molar-refractivity contribution in [2.45, 2.75) is 27.2 Å². The molecule has 0 amide bonds. The quantitative estimate of drug-likeness (QED) is 0.889. The Hall–Kier alpha value is -1.90. The highest BCUT2D eigenvalue weighted by Crippen LogP contribution is 2.27. The van der Waals surface area contributed by atoms with E-state index in [1.807, 2.05) is 0 Å². The number of nitrogens with zero attached hydrogens (tertiary/aromatic N) is 2. The molecule has 0 radical (unpaired) electrons. The predicted octanol–water partition coefficient (Wildman–Crippen LogP) is 3.58. The maximum absolute atomic E-state index is 4.47. The Morgan fingerprint density at radius 2 is 1.89 bits per heavy atom. The van der Waals surface area contributed by atoms with Gasteiger partial charge in [0.05, 0.1) is 0 Å². The molecular formula is C15H19N3. The molecule has 0 aliphatic rings. The zero-order valence-electron chi connectivity index (χ0n) is 11.2. The number of rotatable bonds is 4. The van der Waals surface area contributed by atoms with E-state index in [4.69, 9.17) is 0 Å². The molecule has 0 aliphatic carbocycles. The second kappa shape index (κ2) is 5.63. The van der Waals surface area contributed by atoms with Crippen LogP contribution in [-0.4, -0.2) is 16.5 Å². The van der Waals surface area contributed by atoms with Crippen molar-refractivity contribution in [3.05, 3.63) is 41.7 Å². The summed E-state index contributed by atoms with van der Waals surface area (Å²) in [6.45, 7) is 7.26. The fourth-order valence-electron chi connectivity index (χ4n) is 1.99. The Morgan fingerprint density at radius 1 is 1.11 bits per heavy atom. The number of anilines is 1. The molecule has 0 fully saturated rings. The van der Waals surface area contributed by atoms with E-state index >= 15 is 0 Å². The van der Waals surface area contributed by atoms with Gasteiger partial charge in [-0.25, -0.2) is 4.98 Å². The zero-order chi connectivity index (χ0) is 13.0. The minimum Gasteiger partial charge on any atom is -0.368 e. The van der Waals surface area contributed by atoms with Gasteiger partial charge in [-0.3, -0.25) is 4.98 Å². The topological polar surface area (TPSA) is 37.8 Å². The van der Waals surface area contributed by atoms with Crippen molar-refractivity contribution < 1.29 is 0 Å². The molecular weight excluding hydrogens is 222 g/mol. The summed E-state index contributed by atoms with van der Waals surface area (Å²) in [7, 11) is 0. The van der Waals surface area contributed by atoms with Crippen molar-refractivity contribution in [2.24, 2.45) is 0 Å². The minimum absolute atomic E-state index is 0.867. The van der Waals surface area contributed by atoms with Crippen LogP contribution >= 0.6 is 0 Å². The molecule has 94 valence electrons. The monoisotopic (exact) mass is 241 g/mol. The van der Waals surface area contributed by atoms with Crippen molar-refractivity contribution in [1.29, 1.82) is 0 Å². The first-order valence-electron chi connectivity index (χ1n) is 6.35. The molecule has 1 heterocycles. The lowest BCUT2D eigenvalue weighted by Gasteiger charge is -2.11. The number of hydrogen-bond donors (Lipinski definition) is 1. The number of aryl methyl sites for hydroxylation is 2. The Morgan fingerprint density at radius 3 is 2.61 bits per heavy atom. The van der Waals surface area contributed by atoms with Gasteiger partial charge in [0.25, 0.3) is 0 Å². The summed E-state index contributed by atoms with van der Waals surface area (Å²) in [5.41, 5.74) is 4.58. The number of aromatic nitrogens is 2. The number of benzene rings is 1. The van der Waals surface area contributed by atoms with Crippen LogP contribution in [0.2, 0.25) is 0 Å². The van der Waals surface area contributed by atoms with Crippen LogP contribution in [-0.2, 0) is 0 Å². The van der Waals surface area contributed by atoms with Gasteiger partial charge in [0.15, 0.2) is 5.82 Å². The Bertz CT molecular complexity index is 535. The molecule has 2 rings (SSSR count). The van der Waals surface area contributed by atoms with Crippen LogP contribution in [0.25, 0.3) is 11.3 Å². The Balaban J connectivity index is 2.43. The van der Waals surface area contributed by atoms with Crippen molar-refractivity contribution in [3.63, 3.8) is 0 Å². The second-order valence-electron chi connectivity index (χ2n) is 4.50. The summed E-state index contributed by atoms with van der Waals surface area (Å²) in [5.74, 6) is 0.867. The van der Waals surface area contributed by atoms with E-state index in [1.165, 1.54) is 11.1 Å². The van der Waals surface area contributed by atoms with Crippen LogP contribution in [0.1, 0.15) is 24.5 Å². The predicted molar refractivity (Wildman–Crippen MR) is 75.7 cm³/mol. The summed E-state index contributed by atoms with van der Waals surface area (Å²) in [4.78, 5) is 8.85. The van der Waals surface area contributed by atoms with E-state index in [0.29, 0.717) is 0 Å². The summed E-state index contributed by atoms with van der Waals surface area (Å²) >= 11 is 0. The largest absolute Gasteiger partial charge is 0.368 e. The summed E-state index contributed by atoms with van der Waals surface area (Å²) in [6.07, 6.45) is 4.54. The Kier molecular flexibility index (Phi) is 3.92. The van der Waals surface area contributed by atoms with Gasteiger partial charge in [0.1, 0.15) is 5.69 Å². The first-order valence-corrected chi connectivity index (χ1v) is 6.35. The molecule has 0 atom stereocenters. The van der Waals surface area contributed by atoms with Crippen molar-refractivity contribution in [2.75, 3.05) is 11.9 Å². The van der Waals surface area contributed by atoms with Crippen LogP contribution in [0.4, 0.5) is 5.82 Å². The van der Waals surface area contributed by atoms with Crippen LogP contribution in [0.15, 0.2) is 30.6 Å². The highest BCUT2D eigenvalue weighted by Gasteiger charge is 2.09.